The molecule has 1 aliphatic heterocycles. The number of carbonyl (C=O) groups is 1. The van der Waals surface area contributed by atoms with Gasteiger partial charge in [0.15, 0.2) is 6.04 Å². The molecule has 0 spiro atoms. The fourth-order valence-electron chi connectivity index (χ4n) is 3.59. The van der Waals surface area contributed by atoms with Gasteiger partial charge in [-0.3, -0.25) is 4.79 Å². The summed E-state index contributed by atoms with van der Waals surface area (Å²) < 4.78 is 5.24. The van der Waals surface area contributed by atoms with Crippen LogP contribution in [0.3, 0.4) is 0 Å². The highest BCUT2D eigenvalue weighted by molar-refractivity contribution is 5.81. The first-order valence-electron chi connectivity index (χ1n) is 9.10. The first-order chi connectivity index (χ1) is 12.6. The molecule has 0 aromatic heterocycles. The molecule has 26 heavy (non-hydrogen) atoms. The number of nitrogens with zero attached hydrogens (tertiary/aromatic N) is 2. The van der Waals surface area contributed by atoms with E-state index in [2.05, 4.69) is 29.2 Å². The number of ether oxygens (including phenoxy) is 1. The smallest absolute Gasteiger partial charge is 0.285 e. The van der Waals surface area contributed by atoms with Crippen LogP contribution in [0.1, 0.15) is 11.6 Å². The monoisotopic (exact) mass is 354 g/mol. The van der Waals surface area contributed by atoms with Crippen molar-refractivity contribution in [2.24, 2.45) is 0 Å². The Morgan fingerprint density at radius 3 is 2.19 bits per heavy atom. The van der Waals surface area contributed by atoms with Gasteiger partial charge in [-0.2, -0.15) is 0 Å². The quantitative estimate of drug-likeness (QED) is 0.878. The number of carbonyl (C=O) groups excluding carboxylic acids is 1. The number of anilines is 1. The predicted octanol–water partition coefficient (Wildman–Crippen LogP) is 1.23. The summed E-state index contributed by atoms with van der Waals surface area (Å²) in [5, 5.41) is 0. The zero-order chi connectivity index (χ0) is 18.5. The molecule has 5 nitrogen and oxygen atoms in total. The Labute approximate surface area is 155 Å². The maximum atomic E-state index is 12.8. The van der Waals surface area contributed by atoms with E-state index in [9.17, 15) is 4.79 Å². The van der Waals surface area contributed by atoms with Crippen molar-refractivity contribution in [3.63, 3.8) is 0 Å². The van der Waals surface area contributed by atoms with Crippen molar-refractivity contribution >= 4 is 11.6 Å². The van der Waals surface area contributed by atoms with Crippen molar-refractivity contribution in [1.29, 1.82) is 0 Å². The molecule has 1 N–H and O–H groups in total. The average Bonchev–Trinajstić information content (AvgIpc) is 2.69. The van der Waals surface area contributed by atoms with E-state index in [4.69, 9.17) is 4.74 Å². The Morgan fingerprint density at radius 2 is 1.65 bits per heavy atom. The van der Waals surface area contributed by atoms with Crippen molar-refractivity contribution in [1.82, 2.24) is 4.90 Å². The van der Waals surface area contributed by atoms with E-state index in [1.54, 1.807) is 12.0 Å². The molecule has 1 fully saturated rings. The topological polar surface area (TPSA) is 37.2 Å². The third-order valence-corrected chi connectivity index (χ3v) is 5.07. The summed E-state index contributed by atoms with van der Waals surface area (Å²) in [7, 11) is 5.36. The van der Waals surface area contributed by atoms with Gasteiger partial charge in [-0.25, -0.2) is 0 Å². The molecule has 1 saturated heterocycles. The van der Waals surface area contributed by atoms with Gasteiger partial charge in [0.2, 0.25) is 0 Å². The highest BCUT2D eigenvalue weighted by Gasteiger charge is 2.35. The van der Waals surface area contributed by atoms with Gasteiger partial charge in [-0.05, 0) is 24.3 Å². The molecule has 0 radical (unpaired) electrons. The third kappa shape index (κ3) is 3.99. The molecule has 138 valence electrons. The number of amides is 1. The summed E-state index contributed by atoms with van der Waals surface area (Å²) in [6.45, 7) is 3.74. The molecule has 5 heteroatoms. The van der Waals surface area contributed by atoms with Gasteiger partial charge in [-0.15, -0.1) is 0 Å². The third-order valence-electron chi connectivity index (χ3n) is 5.07. The number of quaternary nitrogens is 1. The van der Waals surface area contributed by atoms with E-state index in [0.717, 1.165) is 37.5 Å². The first kappa shape index (κ1) is 18.3. The predicted molar refractivity (Wildman–Crippen MR) is 104 cm³/mol. The Kier molecular flexibility index (Phi) is 5.78. The number of rotatable bonds is 5. The van der Waals surface area contributed by atoms with Gasteiger partial charge in [-0.1, -0.05) is 30.3 Å². The summed E-state index contributed by atoms with van der Waals surface area (Å²) in [6.07, 6.45) is 0. The number of nitrogens with one attached hydrogen (secondary N) is 1. The second-order valence-corrected chi connectivity index (χ2v) is 6.92. The summed E-state index contributed by atoms with van der Waals surface area (Å²) in [5.41, 5.74) is 2.30. The lowest BCUT2D eigenvalue weighted by Gasteiger charge is -2.37. The number of likely N-dealkylation sites (N-methyl/N-ethyl adjacent to an activating group) is 1. The maximum Gasteiger partial charge on any atom is 0.285 e. The fourth-order valence-corrected chi connectivity index (χ4v) is 3.59. The summed E-state index contributed by atoms with van der Waals surface area (Å²) in [4.78, 5) is 18.3. The highest BCUT2D eigenvalue weighted by Crippen LogP contribution is 2.19. The molecule has 1 amide bonds. The van der Waals surface area contributed by atoms with Crippen molar-refractivity contribution in [3.05, 3.63) is 60.2 Å². The van der Waals surface area contributed by atoms with Crippen molar-refractivity contribution in [3.8, 4) is 5.75 Å². The number of hydrogen-bond acceptors (Lipinski definition) is 3. The SMILES string of the molecule is COc1ccc(N2CC[NH+]([C@@H](C(=O)N(C)C)c3ccccc3)CC2)cc1. The molecular formula is C21H28N3O2+. The van der Waals surface area contributed by atoms with Crippen LogP contribution < -0.4 is 14.5 Å². The lowest BCUT2D eigenvalue weighted by molar-refractivity contribution is -0.922. The van der Waals surface area contributed by atoms with Crippen LogP contribution in [0.2, 0.25) is 0 Å². The summed E-state index contributed by atoms with van der Waals surface area (Å²) in [5.74, 6) is 1.04. The van der Waals surface area contributed by atoms with Crippen LogP contribution in [-0.4, -0.2) is 58.2 Å². The largest absolute Gasteiger partial charge is 0.497 e. The second-order valence-electron chi connectivity index (χ2n) is 6.92. The summed E-state index contributed by atoms with van der Waals surface area (Å²) >= 11 is 0. The van der Waals surface area contributed by atoms with Crippen LogP contribution in [0.5, 0.6) is 5.75 Å². The molecule has 0 bridgehead atoms. The lowest BCUT2D eigenvalue weighted by atomic mass is 10.0. The molecule has 0 unspecified atom stereocenters. The van der Waals surface area contributed by atoms with Gasteiger partial charge in [0.1, 0.15) is 5.75 Å². The number of methoxy groups -OCH3 is 1. The van der Waals surface area contributed by atoms with Crippen molar-refractivity contribution in [2.45, 2.75) is 6.04 Å². The molecule has 0 saturated carbocycles. The van der Waals surface area contributed by atoms with Crippen LogP contribution in [0.25, 0.3) is 0 Å². The molecule has 1 heterocycles. The average molecular weight is 354 g/mol. The van der Waals surface area contributed by atoms with E-state index in [1.807, 2.05) is 44.4 Å². The van der Waals surface area contributed by atoms with E-state index < -0.39 is 0 Å². The molecule has 0 aliphatic carbocycles. The first-order valence-corrected chi connectivity index (χ1v) is 9.10. The van der Waals surface area contributed by atoms with Gasteiger partial charge in [0.05, 0.1) is 33.3 Å². The zero-order valence-corrected chi connectivity index (χ0v) is 15.8. The fraction of sp³-hybridized carbons (Fsp3) is 0.381. The van der Waals surface area contributed by atoms with E-state index >= 15 is 0 Å². The molecule has 1 aliphatic rings. The van der Waals surface area contributed by atoms with Crippen LogP contribution in [-0.2, 0) is 4.79 Å². The minimum absolute atomic E-state index is 0.135. The number of piperazine rings is 1. The molecule has 3 rings (SSSR count). The minimum Gasteiger partial charge on any atom is -0.497 e. The van der Waals surface area contributed by atoms with Crippen molar-refractivity contribution in [2.75, 3.05) is 52.3 Å². The van der Waals surface area contributed by atoms with Crippen LogP contribution in [0, 0.1) is 0 Å². The van der Waals surface area contributed by atoms with Gasteiger partial charge < -0.3 is 19.4 Å². The summed E-state index contributed by atoms with van der Waals surface area (Å²) in [6, 6.07) is 18.2. The van der Waals surface area contributed by atoms with E-state index in [-0.39, 0.29) is 11.9 Å². The Morgan fingerprint density at radius 1 is 1.04 bits per heavy atom. The zero-order valence-electron chi connectivity index (χ0n) is 15.8. The van der Waals surface area contributed by atoms with Crippen LogP contribution in [0.15, 0.2) is 54.6 Å². The maximum absolute atomic E-state index is 12.8. The molecule has 2 aromatic carbocycles. The van der Waals surface area contributed by atoms with Gasteiger partial charge in [0, 0.05) is 25.3 Å². The van der Waals surface area contributed by atoms with E-state index in [1.165, 1.54) is 10.6 Å². The Bertz CT molecular complexity index is 708. The second kappa shape index (κ2) is 8.23. The number of benzene rings is 2. The molecule has 1 atom stereocenters. The van der Waals surface area contributed by atoms with Crippen LogP contribution in [0.4, 0.5) is 5.69 Å². The standard InChI is InChI=1S/C21H27N3O2/c1-22(2)21(25)20(17-7-5-4-6-8-17)24-15-13-23(14-16-24)18-9-11-19(26-3)12-10-18/h4-12,20H,13-16H2,1-3H3/p+1/t20-/m1/s1. The lowest BCUT2D eigenvalue weighted by Crippen LogP contribution is -3.16. The van der Waals surface area contributed by atoms with Crippen LogP contribution >= 0.6 is 0 Å². The highest BCUT2D eigenvalue weighted by atomic mass is 16.5. The van der Waals surface area contributed by atoms with Crippen molar-refractivity contribution < 1.29 is 14.4 Å². The Balaban J connectivity index is 1.72. The number of hydrogen-bond donors (Lipinski definition) is 1. The van der Waals surface area contributed by atoms with Gasteiger partial charge in [0.25, 0.3) is 5.91 Å². The van der Waals surface area contributed by atoms with E-state index in [0.29, 0.717) is 0 Å². The molecular weight excluding hydrogens is 326 g/mol. The minimum atomic E-state index is -0.135. The Hall–Kier alpha value is -2.53. The van der Waals surface area contributed by atoms with Gasteiger partial charge >= 0.3 is 0 Å². The molecule has 2 aromatic rings. The normalized spacial score (nSPS) is 16.2.